The van der Waals surface area contributed by atoms with Crippen LogP contribution in [0.2, 0.25) is 0 Å². The first kappa shape index (κ1) is 21.3. The van der Waals surface area contributed by atoms with Gasteiger partial charge in [0, 0.05) is 6.54 Å². The van der Waals surface area contributed by atoms with E-state index in [1.807, 2.05) is 0 Å². The van der Waals surface area contributed by atoms with Crippen LogP contribution in [0.4, 0.5) is 22.0 Å². The predicted octanol–water partition coefficient (Wildman–Crippen LogP) is 3.58. The molecule has 1 atom stereocenters. The molecule has 2 aromatic rings. The van der Waals surface area contributed by atoms with Gasteiger partial charge < -0.3 is 20.6 Å². The molecule has 1 aliphatic heterocycles. The summed E-state index contributed by atoms with van der Waals surface area (Å²) in [6.07, 6.45) is -5.72. The number of phenolic OH excluding ortho intramolecular Hbond substituents is 1. The van der Waals surface area contributed by atoms with E-state index in [1.165, 1.54) is 42.5 Å². The Bertz CT molecular complexity index is 978. The summed E-state index contributed by atoms with van der Waals surface area (Å²) in [4.78, 5) is 17.1. The first-order valence-electron chi connectivity index (χ1n) is 8.66. The molecule has 1 unspecified atom stereocenters. The topological polar surface area (TPSA) is 88.2 Å². The van der Waals surface area contributed by atoms with Crippen molar-refractivity contribution in [3.05, 3.63) is 65.2 Å². The quantitative estimate of drug-likeness (QED) is 0.256. The van der Waals surface area contributed by atoms with Crippen LogP contribution in [-0.4, -0.2) is 40.6 Å². The SMILES string of the molecule is NC(=NOC(=O)c1ccccc1O)N1CCc2ccccc2C1C(F)(F)C(F)(F)F. The van der Waals surface area contributed by atoms with Crippen molar-refractivity contribution in [2.75, 3.05) is 6.54 Å². The standard InChI is InChI=1S/C19H16F5N3O3/c20-18(21,19(22,23)24)15-12-6-2-1-5-11(12)9-10-27(15)17(25)26-30-16(29)13-7-3-4-8-14(13)28/h1-8,15,28H,9-10H2,(H2,25,26). The summed E-state index contributed by atoms with van der Waals surface area (Å²) in [5, 5.41) is 12.9. The highest BCUT2D eigenvalue weighted by atomic mass is 19.4. The van der Waals surface area contributed by atoms with Gasteiger partial charge in [0.2, 0.25) is 5.96 Å². The zero-order valence-electron chi connectivity index (χ0n) is 15.2. The molecule has 1 heterocycles. The number of guanidine groups is 1. The fourth-order valence-corrected chi connectivity index (χ4v) is 3.20. The van der Waals surface area contributed by atoms with Gasteiger partial charge in [0.25, 0.3) is 0 Å². The van der Waals surface area contributed by atoms with E-state index >= 15 is 0 Å². The van der Waals surface area contributed by atoms with Crippen LogP contribution >= 0.6 is 0 Å². The van der Waals surface area contributed by atoms with Crippen LogP contribution in [-0.2, 0) is 11.3 Å². The molecule has 2 aromatic carbocycles. The second kappa shape index (κ2) is 7.81. The largest absolute Gasteiger partial charge is 0.507 e. The van der Waals surface area contributed by atoms with Gasteiger partial charge in [-0.2, -0.15) is 22.0 Å². The second-order valence-corrected chi connectivity index (χ2v) is 6.51. The minimum absolute atomic E-state index is 0.129. The Hall–Kier alpha value is -3.37. The van der Waals surface area contributed by atoms with Gasteiger partial charge in [-0.15, -0.1) is 0 Å². The predicted molar refractivity (Wildman–Crippen MR) is 95.7 cm³/mol. The molecule has 0 saturated heterocycles. The van der Waals surface area contributed by atoms with Crippen molar-refractivity contribution in [2.24, 2.45) is 10.9 Å². The molecular formula is C19H16F5N3O3. The number of para-hydroxylation sites is 1. The van der Waals surface area contributed by atoms with E-state index in [0.29, 0.717) is 10.5 Å². The van der Waals surface area contributed by atoms with Crippen molar-refractivity contribution in [2.45, 2.75) is 24.6 Å². The third-order valence-electron chi connectivity index (χ3n) is 4.65. The van der Waals surface area contributed by atoms with Crippen molar-refractivity contribution in [3.8, 4) is 5.75 Å². The molecule has 11 heteroatoms. The van der Waals surface area contributed by atoms with E-state index in [1.54, 1.807) is 0 Å². The maximum atomic E-state index is 14.4. The van der Waals surface area contributed by atoms with E-state index in [4.69, 9.17) is 5.73 Å². The van der Waals surface area contributed by atoms with Gasteiger partial charge in [-0.1, -0.05) is 36.4 Å². The van der Waals surface area contributed by atoms with Gasteiger partial charge in [-0.05, 0) is 34.8 Å². The summed E-state index contributed by atoms with van der Waals surface area (Å²) >= 11 is 0. The van der Waals surface area contributed by atoms with E-state index < -0.39 is 35.8 Å². The Kier molecular flexibility index (Phi) is 5.55. The lowest BCUT2D eigenvalue weighted by Crippen LogP contribution is -2.55. The van der Waals surface area contributed by atoms with Crippen LogP contribution < -0.4 is 5.73 Å². The Morgan fingerprint density at radius 1 is 1.10 bits per heavy atom. The molecule has 0 aliphatic carbocycles. The van der Waals surface area contributed by atoms with E-state index in [0.717, 1.165) is 6.07 Å². The van der Waals surface area contributed by atoms with Crippen molar-refractivity contribution < 1.29 is 36.7 Å². The first-order chi connectivity index (χ1) is 14.0. The van der Waals surface area contributed by atoms with E-state index in [2.05, 4.69) is 9.99 Å². The summed E-state index contributed by atoms with van der Waals surface area (Å²) < 4.78 is 68.3. The third-order valence-corrected chi connectivity index (χ3v) is 4.65. The van der Waals surface area contributed by atoms with Crippen LogP contribution in [0.25, 0.3) is 0 Å². The number of carbonyl (C=O) groups is 1. The van der Waals surface area contributed by atoms with Crippen molar-refractivity contribution >= 4 is 11.9 Å². The highest BCUT2D eigenvalue weighted by Crippen LogP contribution is 2.49. The third kappa shape index (κ3) is 3.87. The van der Waals surface area contributed by atoms with Crippen molar-refractivity contribution in [3.63, 3.8) is 0 Å². The lowest BCUT2D eigenvalue weighted by molar-refractivity contribution is -0.302. The van der Waals surface area contributed by atoms with Gasteiger partial charge in [0.05, 0.1) is 0 Å². The molecule has 3 N–H and O–H groups in total. The number of hydrogen-bond acceptors (Lipinski definition) is 4. The average molecular weight is 429 g/mol. The van der Waals surface area contributed by atoms with Gasteiger partial charge in [-0.3, -0.25) is 0 Å². The van der Waals surface area contributed by atoms with Gasteiger partial charge in [0.15, 0.2) is 0 Å². The van der Waals surface area contributed by atoms with Crippen LogP contribution in [0.15, 0.2) is 53.7 Å². The number of alkyl halides is 5. The van der Waals surface area contributed by atoms with Gasteiger partial charge in [0.1, 0.15) is 17.4 Å². The van der Waals surface area contributed by atoms with Crippen molar-refractivity contribution in [1.82, 2.24) is 4.90 Å². The minimum Gasteiger partial charge on any atom is -0.507 e. The summed E-state index contributed by atoms with van der Waals surface area (Å²) in [6, 6.07) is 8.27. The number of rotatable bonds is 3. The summed E-state index contributed by atoms with van der Waals surface area (Å²) in [6.45, 7) is -0.309. The maximum Gasteiger partial charge on any atom is 0.455 e. The lowest BCUT2D eigenvalue weighted by Gasteiger charge is -2.41. The molecule has 1 aliphatic rings. The van der Waals surface area contributed by atoms with Crippen LogP contribution in [0, 0.1) is 0 Å². The number of phenols is 1. The number of nitrogens with zero attached hydrogens (tertiary/aromatic N) is 2. The fraction of sp³-hybridized carbons (Fsp3) is 0.263. The molecule has 0 spiro atoms. The van der Waals surface area contributed by atoms with Crippen LogP contribution in [0.1, 0.15) is 27.5 Å². The molecule has 0 radical (unpaired) electrons. The normalized spacial score (nSPS) is 17.4. The van der Waals surface area contributed by atoms with Gasteiger partial charge >= 0.3 is 18.1 Å². The molecule has 30 heavy (non-hydrogen) atoms. The molecule has 3 rings (SSSR count). The fourth-order valence-electron chi connectivity index (χ4n) is 3.20. The smallest absolute Gasteiger partial charge is 0.455 e. The molecule has 0 aromatic heterocycles. The number of oxime groups is 1. The molecule has 6 nitrogen and oxygen atoms in total. The molecule has 0 saturated carbocycles. The number of aromatic hydroxyl groups is 1. The van der Waals surface area contributed by atoms with E-state index in [9.17, 15) is 31.9 Å². The Labute approximate surface area is 167 Å². The lowest BCUT2D eigenvalue weighted by atomic mass is 9.88. The summed E-state index contributed by atoms with van der Waals surface area (Å²) in [5.41, 5.74) is 5.42. The minimum atomic E-state index is -5.85. The zero-order chi connectivity index (χ0) is 22.1. The number of halogens is 5. The Balaban J connectivity index is 1.94. The maximum absolute atomic E-state index is 14.4. The summed E-state index contributed by atoms with van der Waals surface area (Å²) in [7, 11) is 0. The molecule has 160 valence electrons. The highest BCUT2D eigenvalue weighted by Gasteiger charge is 2.65. The molecule has 0 fully saturated rings. The highest BCUT2D eigenvalue weighted by molar-refractivity contribution is 5.92. The monoisotopic (exact) mass is 429 g/mol. The Morgan fingerprint density at radius 3 is 2.40 bits per heavy atom. The Morgan fingerprint density at radius 2 is 1.73 bits per heavy atom. The van der Waals surface area contributed by atoms with E-state index in [-0.39, 0.29) is 24.1 Å². The number of nitrogens with two attached hydrogens (primary N) is 1. The number of hydrogen-bond donors (Lipinski definition) is 2. The molecule has 0 amide bonds. The van der Waals surface area contributed by atoms with Crippen LogP contribution in [0.5, 0.6) is 5.75 Å². The number of benzene rings is 2. The number of fused-ring (bicyclic) bond motifs is 1. The van der Waals surface area contributed by atoms with Gasteiger partial charge in [-0.25, -0.2) is 4.79 Å². The number of carbonyl (C=O) groups excluding carboxylic acids is 1. The zero-order valence-corrected chi connectivity index (χ0v) is 15.2. The average Bonchev–Trinajstić information content (AvgIpc) is 2.70. The first-order valence-corrected chi connectivity index (χ1v) is 8.66. The van der Waals surface area contributed by atoms with Crippen molar-refractivity contribution in [1.29, 1.82) is 0 Å². The summed E-state index contributed by atoms with van der Waals surface area (Å²) in [5.74, 6) is -7.58. The second-order valence-electron chi connectivity index (χ2n) is 6.51. The molecular weight excluding hydrogens is 413 g/mol. The van der Waals surface area contributed by atoms with Crippen LogP contribution in [0.3, 0.4) is 0 Å². The molecule has 0 bridgehead atoms.